The molecule has 0 spiro atoms. The molecule has 2 rings (SSSR count). The molecule has 1 N–H and O–H groups in total. The highest BCUT2D eigenvalue weighted by molar-refractivity contribution is 6.34. The van der Waals surface area contributed by atoms with Crippen LogP contribution in [0.1, 0.15) is 36.2 Å². The average Bonchev–Trinajstić information content (AvgIpc) is 2.46. The molecule has 4 heteroatoms. The number of halogens is 2. The molecule has 0 bridgehead atoms. The van der Waals surface area contributed by atoms with Crippen molar-refractivity contribution in [3.63, 3.8) is 0 Å². The predicted octanol–water partition coefficient (Wildman–Crippen LogP) is 4.98. The maximum atomic E-state index is 6.32. The van der Waals surface area contributed by atoms with Crippen molar-refractivity contribution in [1.29, 1.82) is 0 Å². The second-order valence-corrected chi connectivity index (χ2v) is 6.00. The van der Waals surface area contributed by atoms with Gasteiger partial charge in [-0.2, -0.15) is 0 Å². The summed E-state index contributed by atoms with van der Waals surface area (Å²) >= 11 is 12.3. The number of aryl methyl sites for hydroxylation is 1. The zero-order valence-electron chi connectivity index (χ0n) is 12.4. The summed E-state index contributed by atoms with van der Waals surface area (Å²) in [6.07, 6.45) is 3.58. The Hall–Kier alpha value is -1.09. The topological polar surface area (TPSA) is 24.9 Å². The lowest BCUT2D eigenvalue weighted by atomic mass is 9.98. The summed E-state index contributed by atoms with van der Waals surface area (Å²) in [6.45, 7) is 5.20. The molecule has 1 aromatic carbocycles. The van der Waals surface area contributed by atoms with Crippen LogP contribution in [0.2, 0.25) is 10.0 Å². The van der Waals surface area contributed by atoms with Crippen molar-refractivity contribution >= 4 is 23.2 Å². The van der Waals surface area contributed by atoms with Gasteiger partial charge in [0.15, 0.2) is 0 Å². The largest absolute Gasteiger partial charge is 0.308 e. The van der Waals surface area contributed by atoms with Gasteiger partial charge in [0.1, 0.15) is 0 Å². The molecule has 0 saturated heterocycles. The van der Waals surface area contributed by atoms with Gasteiger partial charge in [-0.25, -0.2) is 0 Å². The normalized spacial score (nSPS) is 12.4. The standard InChI is InChI=1S/C17H20Cl2N2/c1-3-8-20-16(9-13-7-5-4-6-12(13)2)17-15(19)10-14(18)11-21-17/h4-7,10-11,16,20H,3,8-9H2,1-2H3. The second kappa shape index (κ2) is 7.79. The van der Waals surface area contributed by atoms with Gasteiger partial charge in [-0.3, -0.25) is 4.98 Å². The van der Waals surface area contributed by atoms with E-state index < -0.39 is 0 Å². The summed E-state index contributed by atoms with van der Waals surface area (Å²) in [5.74, 6) is 0. The van der Waals surface area contributed by atoms with Crippen LogP contribution in [0.4, 0.5) is 0 Å². The molecule has 0 aliphatic carbocycles. The summed E-state index contributed by atoms with van der Waals surface area (Å²) in [6, 6.07) is 10.2. The predicted molar refractivity (Wildman–Crippen MR) is 90.2 cm³/mol. The van der Waals surface area contributed by atoms with Crippen LogP contribution in [0, 0.1) is 6.92 Å². The van der Waals surface area contributed by atoms with Crippen LogP contribution in [0.5, 0.6) is 0 Å². The number of pyridine rings is 1. The third-order valence-corrected chi connectivity index (χ3v) is 4.00. The van der Waals surface area contributed by atoms with Gasteiger partial charge < -0.3 is 5.32 Å². The molecule has 0 aliphatic heterocycles. The van der Waals surface area contributed by atoms with Crippen molar-refractivity contribution in [2.45, 2.75) is 32.7 Å². The maximum absolute atomic E-state index is 6.32. The van der Waals surface area contributed by atoms with Crippen LogP contribution in [0.25, 0.3) is 0 Å². The van der Waals surface area contributed by atoms with Gasteiger partial charge in [-0.05, 0) is 43.5 Å². The number of hydrogen-bond acceptors (Lipinski definition) is 2. The molecular weight excluding hydrogens is 303 g/mol. The first-order chi connectivity index (χ1) is 10.1. The van der Waals surface area contributed by atoms with Crippen molar-refractivity contribution in [3.05, 3.63) is 63.4 Å². The minimum absolute atomic E-state index is 0.0933. The lowest BCUT2D eigenvalue weighted by Crippen LogP contribution is -2.25. The summed E-state index contributed by atoms with van der Waals surface area (Å²) in [5, 5.41) is 4.71. The molecule has 0 saturated carbocycles. The second-order valence-electron chi connectivity index (χ2n) is 5.16. The molecule has 0 fully saturated rings. The molecule has 0 radical (unpaired) electrons. The molecule has 112 valence electrons. The molecule has 1 heterocycles. The van der Waals surface area contributed by atoms with E-state index in [2.05, 4.69) is 48.4 Å². The fourth-order valence-corrected chi connectivity index (χ4v) is 2.84. The minimum atomic E-state index is 0.0933. The molecule has 0 amide bonds. The zero-order valence-corrected chi connectivity index (χ0v) is 13.9. The molecule has 1 unspecified atom stereocenters. The van der Waals surface area contributed by atoms with Crippen LogP contribution in [0.15, 0.2) is 36.5 Å². The minimum Gasteiger partial charge on any atom is -0.308 e. The van der Waals surface area contributed by atoms with Crippen molar-refractivity contribution in [2.75, 3.05) is 6.54 Å². The molecule has 1 atom stereocenters. The van der Waals surface area contributed by atoms with Gasteiger partial charge in [-0.1, -0.05) is 54.4 Å². The van der Waals surface area contributed by atoms with E-state index in [1.807, 2.05) is 0 Å². The van der Waals surface area contributed by atoms with Crippen molar-refractivity contribution in [2.24, 2.45) is 0 Å². The molecule has 2 aromatic rings. The van der Waals surface area contributed by atoms with Gasteiger partial charge in [-0.15, -0.1) is 0 Å². The number of aromatic nitrogens is 1. The summed E-state index contributed by atoms with van der Waals surface area (Å²) < 4.78 is 0. The van der Waals surface area contributed by atoms with Crippen LogP contribution < -0.4 is 5.32 Å². The van der Waals surface area contributed by atoms with Crippen LogP contribution >= 0.6 is 23.2 Å². The summed E-state index contributed by atoms with van der Waals surface area (Å²) in [7, 11) is 0. The Morgan fingerprint density at radius 3 is 2.67 bits per heavy atom. The fourth-order valence-electron chi connectivity index (χ4n) is 2.32. The van der Waals surface area contributed by atoms with Gasteiger partial charge in [0.2, 0.25) is 0 Å². The number of nitrogens with zero attached hydrogens (tertiary/aromatic N) is 1. The van der Waals surface area contributed by atoms with Crippen LogP contribution in [-0.4, -0.2) is 11.5 Å². The first kappa shape index (κ1) is 16.3. The fraction of sp³-hybridized carbons (Fsp3) is 0.353. The van der Waals surface area contributed by atoms with Gasteiger partial charge in [0.05, 0.1) is 21.8 Å². The van der Waals surface area contributed by atoms with E-state index in [9.17, 15) is 0 Å². The Morgan fingerprint density at radius 1 is 1.24 bits per heavy atom. The third kappa shape index (κ3) is 4.44. The van der Waals surface area contributed by atoms with E-state index in [4.69, 9.17) is 23.2 Å². The first-order valence-corrected chi connectivity index (χ1v) is 7.96. The van der Waals surface area contributed by atoms with E-state index in [0.29, 0.717) is 10.0 Å². The lowest BCUT2D eigenvalue weighted by molar-refractivity contribution is 0.517. The molecule has 1 aromatic heterocycles. The first-order valence-electron chi connectivity index (χ1n) is 7.20. The highest BCUT2D eigenvalue weighted by Gasteiger charge is 2.17. The average molecular weight is 323 g/mol. The Kier molecular flexibility index (Phi) is 6.04. The summed E-state index contributed by atoms with van der Waals surface area (Å²) in [5.41, 5.74) is 3.45. The Balaban J connectivity index is 2.27. The maximum Gasteiger partial charge on any atom is 0.0763 e. The smallest absolute Gasteiger partial charge is 0.0763 e. The lowest BCUT2D eigenvalue weighted by Gasteiger charge is -2.20. The van der Waals surface area contributed by atoms with Gasteiger partial charge in [0, 0.05) is 6.20 Å². The number of benzene rings is 1. The number of rotatable bonds is 6. The van der Waals surface area contributed by atoms with E-state index >= 15 is 0 Å². The van der Waals surface area contributed by atoms with E-state index in [1.54, 1.807) is 12.3 Å². The van der Waals surface area contributed by atoms with Crippen molar-refractivity contribution < 1.29 is 0 Å². The quantitative estimate of drug-likeness (QED) is 0.811. The zero-order chi connectivity index (χ0) is 15.2. The third-order valence-electron chi connectivity index (χ3n) is 3.49. The monoisotopic (exact) mass is 322 g/mol. The highest BCUT2D eigenvalue weighted by Crippen LogP contribution is 2.27. The highest BCUT2D eigenvalue weighted by atomic mass is 35.5. The number of hydrogen-bond donors (Lipinski definition) is 1. The van der Waals surface area contributed by atoms with Gasteiger partial charge >= 0.3 is 0 Å². The van der Waals surface area contributed by atoms with E-state index in [-0.39, 0.29) is 6.04 Å². The number of nitrogens with one attached hydrogen (secondary N) is 1. The summed E-state index contributed by atoms with van der Waals surface area (Å²) in [4.78, 5) is 4.43. The molecule has 0 aliphatic rings. The van der Waals surface area contributed by atoms with Crippen LogP contribution in [-0.2, 0) is 6.42 Å². The van der Waals surface area contributed by atoms with Crippen LogP contribution in [0.3, 0.4) is 0 Å². The van der Waals surface area contributed by atoms with E-state index in [0.717, 1.165) is 25.1 Å². The van der Waals surface area contributed by atoms with E-state index in [1.165, 1.54) is 11.1 Å². The SMILES string of the molecule is CCCNC(Cc1ccccc1C)c1ncc(Cl)cc1Cl. The molecule has 21 heavy (non-hydrogen) atoms. The van der Waals surface area contributed by atoms with Crippen molar-refractivity contribution in [3.8, 4) is 0 Å². The Morgan fingerprint density at radius 2 is 2.00 bits per heavy atom. The Bertz CT molecular complexity index is 599. The Labute approximate surface area is 136 Å². The van der Waals surface area contributed by atoms with Gasteiger partial charge in [0.25, 0.3) is 0 Å². The van der Waals surface area contributed by atoms with Crippen molar-refractivity contribution in [1.82, 2.24) is 10.3 Å². The molecular formula is C17H20Cl2N2. The molecule has 2 nitrogen and oxygen atoms in total.